The van der Waals surface area contributed by atoms with Crippen LogP contribution in [-0.2, 0) is 11.2 Å². The van der Waals surface area contributed by atoms with Gasteiger partial charge in [-0.25, -0.2) is 0 Å². The number of aryl methyl sites for hydroxylation is 1. The van der Waals surface area contributed by atoms with Gasteiger partial charge in [0, 0.05) is 13.0 Å². The number of carbonyl (C=O) groups is 1. The van der Waals surface area contributed by atoms with E-state index >= 15 is 0 Å². The van der Waals surface area contributed by atoms with Crippen molar-refractivity contribution in [2.75, 3.05) is 19.6 Å². The highest BCUT2D eigenvalue weighted by atomic mass is 35.5. The zero-order valence-electron chi connectivity index (χ0n) is 16.0. The summed E-state index contributed by atoms with van der Waals surface area (Å²) in [7, 11) is 0. The minimum Gasteiger partial charge on any atom is -0.356 e. The van der Waals surface area contributed by atoms with E-state index in [-0.39, 0.29) is 18.3 Å². The molecule has 1 aromatic carbocycles. The Kier molecular flexibility index (Phi) is 10.1. The molecule has 0 saturated carbocycles. The van der Waals surface area contributed by atoms with Gasteiger partial charge >= 0.3 is 0 Å². The van der Waals surface area contributed by atoms with Crippen LogP contribution in [0.3, 0.4) is 0 Å². The first-order valence-corrected chi connectivity index (χ1v) is 9.62. The second-order valence-electron chi connectivity index (χ2n) is 7.62. The lowest BCUT2D eigenvalue weighted by Crippen LogP contribution is -2.33. The Morgan fingerprint density at radius 3 is 2.40 bits per heavy atom. The van der Waals surface area contributed by atoms with Crippen LogP contribution in [0.25, 0.3) is 0 Å². The highest BCUT2D eigenvalue weighted by molar-refractivity contribution is 5.85. The lowest BCUT2D eigenvalue weighted by Gasteiger charge is -2.27. The number of amides is 1. The van der Waals surface area contributed by atoms with Crippen molar-refractivity contribution in [1.29, 1.82) is 0 Å². The summed E-state index contributed by atoms with van der Waals surface area (Å²) in [6.07, 6.45) is 5.13. The number of nitrogens with one attached hydrogen (secondary N) is 2. The van der Waals surface area contributed by atoms with E-state index in [1.807, 2.05) is 0 Å². The predicted octanol–water partition coefficient (Wildman–Crippen LogP) is 4.31. The molecule has 1 aromatic rings. The van der Waals surface area contributed by atoms with Crippen LogP contribution in [0.5, 0.6) is 0 Å². The van der Waals surface area contributed by atoms with Gasteiger partial charge in [0.2, 0.25) is 5.91 Å². The summed E-state index contributed by atoms with van der Waals surface area (Å²) in [4.78, 5) is 12.1. The van der Waals surface area contributed by atoms with Crippen LogP contribution in [0, 0.1) is 11.8 Å². The summed E-state index contributed by atoms with van der Waals surface area (Å²) in [5.41, 5.74) is 2.75. The van der Waals surface area contributed by atoms with E-state index in [4.69, 9.17) is 0 Å². The van der Waals surface area contributed by atoms with Crippen molar-refractivity contribution in [2.45, 2.75) is 58.8 Å². The molecular formula is C21H35ClN2O. The maximum Gasteiger partial charge on any atom is 0.220 e. The fourth-order valence-corrected chi connectivity index (χ4v) is 3.53. The van der Waals surface area contributed by atoms with Gasteiger partial charge < -0.3 is 10.6 Å². The molecule has 1 fully saturated rings. The van der Waals surface area contributed by atoms with Gasteiger partial charge in [-0.2, -0.15) is 0 Å². The van der Waals surface area contributed by atoms with E-state index in [1.54, 1.807) is 0 Å². The van der Waals surface area contributed by atoms with Gasteiger partial charge in [-0.3, -0.25) is 4.79 Å². The average Bonchev–Trinajstić information content (AvgIpc) is 2.60. The smallest absolute Gasteiger partial charge is 0.220 e. The largest absolute Gasteiger partial charge is 0.356 e. The first-order valence-electron chi connectivity index (χ1n) is 9.62. The lowest BCUT2D eigenvalue weighted by atomic mass is 9.84. The molecule has 2 N–H and O–H groups in total. The second kappa shape index (κ2) is 11.5. The normalized spacial score (nSPS) is 16.3. The van der Waals surface area contributed by atoms with Crippen LogP contribution < -0.4 is 10.6 Å². The highest BCUT2D eigenvalue weighted by Gasteiger charge is 2.21. The average molecular weight is 367 g/mol. The third kappa shape index (κ3) is 7.79. The van der Waals surface area contributed by atoms with Gasteiger partial charge in [-0.15, -0.1) is 12.4 Å². The fourth-order valence-electron chi connectivity index (χ4n) is 3.53. The molecule has 25 heavy (non-hydrogen) atoms. The summed E-state index contributed by atoms with van der Waals surface area (Å²) in [6.45, 7) is 9.65. The summed E-state index contributed by atoms with van der Waals surface area (Å²) in [5, 5.41) is 6.49. The maximum atomic E-state index is 12.1. The maximum absolute atomic E-state index is 12.1. The number of hydrogen-bond acceptors (Lipinski definition) is 2. The number of piperidine rings is 1. The van der Waals surface area contributed by atoms with E-state index < -0.39 is 0 Å². The number of carbonyl (C=O) groups excluding carboxylic acids is 1. The molecule has 1 saturated heterocycles. The third-order valence-electron chi connectivity index (χ3n) is 5.31. The Morgan fingerprint density at radius 1 is 1.16 bits per heavy atom. The predicted molar refractivity (Wildman–Crippen MR) is 108 cm³/mol. The van der Waals surface area contributed by atoms with Crippen LogP contribution >= 0.6 is 12.4 Å². The van der Waals surface area contributed by atoms with E-state index in [2.05, 4.69) is 55.7 Å². The van der Waals surface area contributed by atoms with Crippen molar-refractivity contribution in [1.82, 2.24) is 10.6 Å². The standard InChI is InChI=1S/C21H34N2O.ClH/c1-16(2)19-8-6-18(7-9-19)5-4-12-23-21(24)15-17(3)20-10-13-22-14-11-20;/h6-9,16-17,20,22H,4-5,10-15H2,1-3H3,(H,23,24);1H. The second-order valence-corrected chi connectivity index (χ2v) is 7.62. The fraction of sp³-hybridized carbons (Fsp3) is 0.667. The van der Waals surface area contributed by atoms with Crippen LogP contribution in [0.2, 0.25) is 0 Å². The molecule has 0 aliphatic carbocycles. The van der Waals surface area contributed by atoms with Crippen molar-refractivity contribution in [3.05, 3.63) is 35.4 Å². The van der Waals surface area contributed by atoms with E-state index in [0.29, 0.717) is 24.2 Å². The van der Waals surface area contributed by atoms with E-state index in [9.17, 15) is 4.79 Å². The third-order valence-corrected chi connectivity index (χ3v) is 5.31. The molecule has 1 unspecified atom stereocenters. The number of hydrogen-bond donors (Lipinski definition) is 2. The first kappa shape index (κ1) is 22.0. The summed E-state index contributed by atoms with van der Waals surface area (Å²) < 4.78 is 0. The molecule has 3 nitrogen and oxygen atoms in total. The molecule has 4 heteroatoms. The Hall–Kier alpha value is -1.06. The molecule has 0 spiro atoms. The van der Waals surface area contributed by atoms with Crippen molar-refractivity contribution < 1.29 is 4.79 Å². The highest BCUT2D eigenvalue weighted by Crippen LogP contribution is 2.24. The molecule has 1 aliphatic heterocycles. The number of halogens is 1. The first-order chi connectivity index (χ1) is 11.6. The van der Waals surface area contributed by atoms with E-state index in [1.165, 1.54) is 24.0 Å². The molecule has 1 heterocycles. The molecule has 1 amide bonds. The summed E-state index contributed by atoms with van der Waals surface area (Å²) in [6, 6.07) is 8.88. The van der Waals surface area contributed by atoms with Gasteiger partial charge in [0.25, 0.3) is 0 Å². The van der Waals surface area contributed by atoms with Gasteiger partial charge in [0.1, 0.15) is 0 Å². The summed E-state index contributed by atoms with van der Waals surface area (Å²) in [5.74, 6) is 2.00. The van der Waals surface area contributed by atoms with Crippen molar-refractivity contribution in [3.63, 3.8) is 0 Å². The summed E-state index contributed by atoms with van der Waals surface area (Å²) >= 11 is 0. The Morgan fingerprint density at radius 2 is 1.80 bits per heavy atom. The van der Waals surface area contributed by atoms with Gasteiger partial charge in [0.15, 0.2) is 0 Å². The van der Waals surface area contributed by atoms with Crippen molar-refractivity contribution in [2.24, 2.45) is 11.8 Å². The van der Waals surface area contributed by atoms with Gasteiger partial charge in [-0.1, -0.05) is 45.0 Å². The molecule has 2 rings (SSSR count). The quantitative estimate of drug-likeness (QED) is 0.673. The SMILES string of the molecule is CC(C)c1ccc(CCCNC(=O)CC(C)C2CCNCC2)cc1.Cl. The van der Waals surface area contributed by atoms with Crippen molar-refractivity contribution in [3.8, 4) is 0 Å². The van der Waals surface area contributed by atoms with Crippen LogP contribution in [0.4, 0.5) is 0 Å². The zero-order chi connectivity index (χ0) is 17.4. The minimum absolute atomic E-state index is 0. The molecule has 142 valence electrons. The molecule has 0 bridgehead atoms. The Bertz CT molecular complexity index is 495. The van der Waals surface area contributed by atoms with Crippen LogP contribution in [0.1, 0.15) is 63.5 Å². The minimum atomic E-state index is 0. The number of rotatable bonds is 8. The Labute approximate surface area is 159 Å². The van der Waals surface area contributed by atoms with Crippen molar-refractivity contribution >= 4 is 18.3 Å². The van der Waals surface area contributed by atoms with E-state index in [0.717, 1.165) is 32.5 Å². The zero-order valence-corrected chi connectivity index (χ0v) is 16.8. The molecular weight excluding hydrogens is 332 g/mol. The molecule has 0 aromatic heterocycles. The Balaban J connectivity index is 0.00000312. The monoisotopic (exact) mass is 366 g/mol. The molecule has 0 radical (unpaired) electrons. The topological polar surface area (TPSA) is 41.1 Å². The number of benzene rings is 1. The molecule has 1 atom stereocenters. The van der Waals surface area contributed by atoms with Crippen LogP contribution in [0.15, 0.2) is 24.3 Å². The molecule has 1 aliphatic rings. The lowest BCUT2D eigenvalue weighted by molar-refractivity contribution is -0.122. The van der Waals surface area contributed by atoms with Gasteiger partial charge in [0.05, 0.1) is 0 Å². The van der Waals surface area contributed by atoms with Crippen LogP contribution in [-0.4, -0.2) is 25.5 Å². The van der Waals surface area contributed by atoms with Gasteiger partial charge in [-0.05, 0) is 67.7 Å².